The predicted octanol–water partition coefficient (Wildman–Crippen LogP) is 4.40. The van der Waals surface area contributed by atoms with Gasteiger partial charge in [0.2, 0.25) is 0 Å². The Balaban J connectivity index is 2.18. The molecule has 2 rings (SSSR count). The smallest absolute Gasteiger partial charge is 0.255 e. The van der Waals surface area contributed by atoms with Crippen molar-refractivity contribution >= 4 is 50.7 Å². The fourth-order valence-electron chi connectivity index (χ4n) is 1.32. The van der Waals surface area contributed by atoms with Crippen LogP contribution in [0.3, 0.4) is 0 Å². The van der Waals surface area contributed by atoms with Crippen molar-refractivity contribution < 1.29 is 4.79 Å². The molecule has 0 saturated carbocycles. The van der Waals surface area contributed by atoms with Gasteiger partial charge in [-0.25, -0.2) is 4.98 Å². The van der Waals surface area contributed by atoms with Crippen molar-refractivity contribution in [2.24, 2.45) is 0 Å². The van der Waals surface area contributed by atoms with Crippen LogP contribution in [-0.4, -0.2) is 10.9 Å². The molecule has 6 heteroatoms. The number of carbonyl (C=O) groups excluding carboxylic acids is 1. The number of carbonyl (C=O) groups is 1. The number of nitrogens with one attached hydrogen (secondary N) is 1. The lowest BCUT2D eigenvalue weighted by Crippen LogP contribution is -2.11. The molecule has 0 radical (unpaired) electrons. The van der Waals surface area contributed by atoms with E-state index in [1.54, 1.807) is 24.3 Å². The van der Waals surface area contributed by atoms with Gasteiger partial charge >= 0.3 is 0 Å². The Hall–Kier alpha value is -1.10. The van der Waals surface area contributed by atoms with Gasteiger partial charge in [-0.3, -0.25) is 4.79 Å². The van der Waals surface area contributed by atoms with Crippen molar-refractivity contribution in [3.8, 4) is 0 Å². The number of hydrogen-bond acceptors (Lipinski definition) is 2. The maximum absolute atomic E-state index is 11.9. The Kier molecular flexibility index (Phi) is 4.22. The second-order valence-corrected chi connectivity index (χ2v) is 5.10. The molecule has 0 saturated heterocycles. The summed E-state index contributed by atoms with van der Waals surface area (Å²) < 4.78 is 0.717. The summed E-state index contributed by atoms with van der Waals surface area (Å²) >= 11 is 14.9. The van der Waals surface area contributed by atoms with Crippen molar-refractivity contribution in [2.45, 2.75) is 0 Å². The van der Waals surface area contributed by atoms with Gasteiger partial charge in [0.15, 0.2) is 0 Å². The molecular weight excluding hydrogens is 339 g/mol. The molecule has 1 amide bonds. The molecule has 0 spiro atoms. The first-order valence-corrected chi connectivity index (χ1v) is 6.49. The molecule has 0 aliphatic rings. The van der Waals surface area contributed by atoms with Crippen LogP contribution in [-0.2, 0) is 0 Å². The number of anilines is 1. The van der Waals surface area contributed by atoms with Crippen molar-refractivity contribution in [1.29, 1.82) is 0 Å². The lowest BCUT2D eigenvalue weighted by Gasteiger charge is -2.06. The highest BCUT2D eigenvalue weighted by Gasteiger charge is 2.07. The molecular formula is C12H7BrCl2N2O. The maximum atomic E-state index is 11.9. The third kappa shape index (κ3) is 3.22. The molecule has 0 aliphatic heterocycles. The summed E-state index contributed by atoms with van der Waals surface area (Å²) in [5.41, 5.74) is 1.09. The Morgan fingerprint density at radius 1 is 1.22 bits per heavy atom. The Morgan fingerprint density at radius 3 is 2.67 bits per heavy atom. The fraction of sp³-hybridized carbons (Fsp3) is 0. The SMILES string of the molecule is O=C(Nc1ccc(Cl)c(Br)c1)c1ccnc(Cl)c1. The number of halogens is 3. The summed E-state index contributed by atoms with van der Waals surface area (Å²) in [7, 11) is 0. The van der Waals surface area contributed by atoms with Crippen LogP contribution in [0.5, 0.6) is 0 Å². The molecule has 0 aliphatic carbocycles. The van der Waals surface area contributed by atoms with E-state index in [4.69, 9.17) is 23.2 Å². The van der Waals surface area contributed by atoms with Gasteiger partial charge in [-0.15, -0.1) is 0 Å². The van der Waals surface area contributed by atoms with Gasteiger partial charge in [0.25, 0.3) is 5.91 Å². The molecule has 1 heterocycles. The maximum Gasteiger partial charge on any atom is 0.255 e. The van der Waals surface area contributed by atoms with Crippen molar-refractivity contribution in [3.05, 3.63) is 56.7 Å². The third-order valence-corrected chi connectivity index (χ3v) is 3.59. The number of pyridine rings is 1. The van der Waals surface area contributed by atoms with Gasteiger partial charge in [-0.2, -0.15) is 0 Å². The van der Waals surface area contributed by atoms with Crippen LogP contribution in [0.15, 0.2) is 41.0 Å². The van der Waals surface area contributed by atoms with Gasteiger partial charge < -0.3 is 5.32 Å². The zero-order valence-electron chi connectivity index (χ0n) is 8.95. The summed E-state index contributed by atoms with van der Waals surface area (Å²) in [5, 5.41) is 3.60. The lowest BCUT2D eigenvalue weighted by molar-refractivity contribution is 0.102. The van der Waals surface area contributed by atoms with Crippen LogP contribution >= 0.6 is 39.1 Å². The van der Waals surface area contributed by atoms with E-state index in [9.17, 15) is 4.79 Å². The minimum absolute atomic E-state index is 0.256. The average Bonchev–Trinajstić information content (AvgIpc) is 2.34. The van der Waals surface area contributed by atoms with Crippen molar-refractivity contribution in [1.82, 2.24) is 4.98 Å². The lowest BCUT2D eigenvalue weighted by atomic mass is 10.2. The number of aromatic nitrogens is 1. The number of rotatable bonds is 2. The third-order valence-electron chi connectivity index (χ3n) is 2.17. The zero-order chi connectivity index (χ0) is 13.1. The van der Waals surface area contributed by atoms with Crippen LogP contribution in [0, 0.1) is 0 Å². The van der Waals surface area contributed by atoms with Crippen LogP contribution in [0.25, 0.3) is 0 Å². The number of benzene rings is 1. The highest BCUT2D eigenvalue weighted by molar-refractivity contribution is 9.10. The van der Waals surface area contributed by atoms with Gasteiger partial charge in [0.05, 0.1) is 5.02 Å². The second kappa shape index (κ2) is 5.69. The largest absolute Gasteiger partial charge is 0.322 e. The summed E-state index contributed by atoms with van der Waals surface area (Å²) in [6.45, 7) is 0. The molecule has 0 atom stereocenters. The molecule has 0 fully saturated rings. The minimum atomic E-state index is -0.256. The molecule has 0 unspecified atom stereocenters. The normalized spacial score (nSPS) is 10.2. The molecule has 1 N–H and O–H groups in total. The molecule has 0 bridgehead atoms. The van der Waals surface area contributed by atoms with Gasteiger partial charge in [0, 0.05) is 21.9 Å². The Morgan fingerprint density at radius 2 is 2.00 bits per heavy atom. The molecule has 2 aromatic rings. The van der Waals surface area contributed by atoms with E-state index in [1.807, 2.05) is 0 Å². The first-order valence-electron chi connectivity index (χ1n) is 4.94. The Labute approximate surface area is 122 Å². The van der Waals surface area contributed by atoms with Crippen molar-refractivity contribution in [2.75, 3.05) is 5.32 Å². The van der Waals surface area contributed by atoms with E-state index in [0.29, 0.717) is 16.3 Å². The predicted molar refractivity (Wildman–Crippen MR) is 76.4 cm³/mol. The number of hydrogen-bond donors (Lipinski definition) is 1. The minimum Gasteiger partial charge on any atom is -0.322 e. The first-order chi connectivity index (χ1) is 8.56. The quantitative estimate of drug-likeness (QED) is 0.819. The fourth-order valence-corrected chi connectivity index (χ4v) is 1.99. The van der Waals surface area contributed by atoms with Gasteiger partial charge in [-0.1, -0.05) is 23.2 Å². The van der Waals surface area contributed by atoms with E-state index < -0.39 is 0 Å². The second-order valence-electron chi connectivity index (χ2n) is 3.45. The van der Waals surface area contributed by atoms with Crippen LogP contribution < -0.4 is 5.32 Å². The summed E-state index contributed by atoms with van der Waals surface area (Å²) in [5.74, 6) is -0.256. The zero-order valence-corrected chi connectivity index (χ0v) is 12.1. The van der Waals surface area contributed by atoms with Crippen molar-refractivity contribution in [3.63, 3.8) is 0 Å². The van der Waals surface area contributed by atoms with Gasteiger partial charge in [-0.05, 0) is 46.3 Å². The van der Waals surface area contributed by atoms with E-state index in [2.05, 4.69) is 26.2 Å². The van der Waals surface area contributed by atoms with Crippen LogP contribution in [0.2, 0.25) is 10.2 Å². The monoisotopic (exact) mass is 344 g/mol. The molecule has 92 valence electrons. The Bertz CT molecular complexity index is 604. The number of amides is 1. The van der Waals surface area contributed by atoms with Gasteiger partial charge in [0.1, 0.15) is 5.15 Å². The van der Waals surface area contributed by atoms with E-state index >= 15 is 0 Å². The van der Waals surface area contributed by atoms with E-state index in [1.165, 1.54) is 12.3 Å². The first kappa shape index (κ1) is 13.3. The van der Waals surface area contributed by atoms with Crippen LogP contribution in [0.1, 0.15) is 10.4 Å². The summed E-state index contributed by atoms with van der Waals surface area (Å²) in [6.07, 6.45) is 1.48. The molecule has 1 aromatic carbocycles. The summed E-state index contributed by atoms with van der Waals surface area (Å²) in [4.78, 5) is 15.7. The van der Waals surface area contributed by atoms with E-state index in [-0.39, 0.29) is 11.1 Å². The standard InChI is InChI=1S/C12H7BrCl2N2O/c13-9-6-8(1-2-10(9)14)17-12(18)7-3-4-16-11(15)5-7/h1-6H,(H,17,18). The summed E-state index contributed by atoms with van der Waals surface area (Å²) in [6, 6.07) is 8.23. The van der Waals surface area contributed by atoms with E-state index in [0.717, 1.165) is 4.47 Å². The number of nitrogens with zero attached hydrogens (tertiary/aromatic N) is 1. The molecule has 3 nitrogen and oxygen atoms in total. The average molecular weight is 346 g/mol. The highest BCUT2D eigenvalue weighted by atomic mass is 79.9. The molecule has 1 aromatic heterocycles. The van der Waals surface area contributed by atoms with Crippen LogP contribution in [0.4, 0.5) is 5.69 Å². The highest BCUT2D eigenvalue weighted by Crippen LogP contribution is 2.25. The molecule has 18 heavy (non-hydrogen) atoms. The topological polar surface area (TPSA) is 42.0 Å².